The second-order valence-electron chi connectivity index (χ2n) is 6.44. The average molecular weight is 428 g/mol. The van der Waals surface area contributed by atoms with Crippen LogP contribution in [-0.4, -0.2) is 48.5 Å². The van der Waals surface area contributed by atoms with E-state index in [4.69, 9.17) is 0 Å². The van der Waals surface area contributed by atoms with Gasteiger partial charge in [0.05, 0.1) is 0 Å². The van der Waals surface area contributed by atoms with Gasteiger partial charge in [0.2, 0.25) is 0 Å². The van der Waals surface area contributed by atoms with Crippen LogP contribution < -0.4 is 0 Å². The van der Waals surface area contributed by atoms with Crippen molar-refractivity contribution < 1.29 is 0 Å². The van der Waals surface area contributed by atoms with Crippen molar-refractivity contribution in [1.29, 1.82) is 0 Å². The summed E-state index contributed by atoms with van der Waals surface area (Å²) in [5, 5.41) is 0. The first-order valence-corrected chi connectivity index (χ1v) is 13.6. The summed E-state index contributed by atoms with van der Waals surface area (Å²) in [4.78, 5) is 13.5. The molecule has 0 aliphatic heterocycles. The molecule has 0 amide bonds. The fourth-order valence-electron chi connectivity index (χ4n) is 2.93. The van der Waals surface area contributed by atoms with Crippen LogP contribution in [0.1, 0.15) is 17.1 Å². The average Bonchev–Trinajstić information content (AvgIpc) is 2.72. The minimum atomic E-state index is -1.21. The van der Waals surface area contributed by atoms with Gasteiger partial charge in [0.15, 0.2) is 0 Å². The Labute approximate surface area is 163 Å². The zero-order valence-electron chi connectivity index (χ0n) is 14.9. The van der Waals surface area contributed by atoms with Crippen molar-refractivity contribution in [3.63, 3.8) is 0 Å². The first kappa shape index (κ1) is 19.2. The molecule has 0 unspecified atom stereocenters. The Bertz CT molecular complexity index is 713. The summed E-state index contributed by atoms with van der Waals surface area (Å²) in [5.74, 6) is 0. The third-order valence-corrected chi connectivity index (χ3v) is 11.1. The van der Waals surface area contributed by atoms with Gasteiger partial charge in [-0.2, -0.15) is 0 Å². The summed E-state index contributed by atoms with van der Waals surface area (Å²) in [6.07, 6.45) is 12.3. The van der Waals surface area contributed by atoms with Gasteiger partial charge in [-0.3, -0.25) is 0 Å². The van der Waals surface area contributed by atoms with Crippen molar-refractivity contribution in [3.8, 4) is 0 Å². The van der Waals surface area contributed by atoms with Gasteiger partial charge in [-0.1, -0.05) is 0 Å². The Morgan fingerprint density at radius 1 is 0.577 bits per heavy atom. The van der Waals surface area contributed by atoms with E-state index < -0.39 is 5.51 Å². The molecule has 0 fully saturated rings. The Morgan fingerprint density at radius 3 is 1.19 bits per heavy atom. The van der Waals surface area contributed by atoms with Crippen LogP contribution in [0.4, 0.5) is 0 Å². The fraction of sp³-hybridized carbons (Fsp3) is 0.286. The predicted molar refractivity (Wildman–Crippen MR) is 111 cm³/mol. The van der Waals surface area contributed by atoms with Gasteiger partial charge in [-0.15, -0.1) is 0 Å². The maximum atomic E-state index is 4.50. The summed E-state index contributed by atoms with van der Waals surface area (Å²) >= 11 is 3.63. The van der Waals surface area contributed by atoms with Crippen LogP contribution in [0.3, 0.4) is 0 Å². The number of hydrogen-bond acceptors (Lipinski definition) is 3. The molecule has 3 aromatic rings. The van der Waals surface area contributed by atoms with Gasteiger partial charge in [0.25, 0.3) is 0 Å². The number of aryl methyl sites for hydroxylation is 3. The van der Waals surface area contributed by atoms with E-state index in [9.17, 15) is 0 Å². The van der Waals surface area contributed by atoms with Crippen molar-refractivity contribution in [1.82, 2.24) is 15.0 Å². The van der Waals surface area contributed by atoms with Crippen LogP contribution in [0.2, 0.25) is 0 Å². The SMILES string of the molecule is [Se]=P(CCc1ccccn1)(CCc1ccccn1)CCc1ccccn1. The van der Waals surface area contributed by atoms with Crippen LogP contribution in [-0.2, 0) is 19.3 Å². The number of nitrogens with zero attached hydrogens (tertiary/aromatic N) is 3. The van der Waals surface area contributed by atoms with Crippen LogP contribution in [0.5, 0.6) is 0 Å². The van der Waals surface area contributed by atoms with Gasteiger partial charge in [-0.05, 0) is 0 Å². The molecule has 0 atom stereocenters. The summed E-state index contributed by atoms with van der Waals surface area (Å²) in [6.45, 7) is 0. The molecule has 26 heavy (non-hydrogen) atoms. The van der Waals surface area contributed by atoms with E-state index in [0.29, 0.717) is 0 Å². The molecule has 3 heterocycles. The second-order valence-corrected chi connectivity index (χ2v) is 14.8. The number of aromatic nitrogens is 3. The van der Waals surface area contributed by atoms with Crippen molar-refractivity contribution in [2.24, 2.45) is 0 Å². The van der Waals surface area contributed by atoms with Crippen molar-refractivity contribution in [3.05, 3.63) is 90.3 Å². The molecule has 0 bridgehead atoms. The Kier molecular flexibility index (Phi) is 7.31. The number of rotatable bonds is 9. The van der Waals surface area contributed by atoms with Gasteiger partial charge >= 0.3 is 164 Å². The molecule has 0 aliphatic rings. The molecule has 5 heteroatoms. The Balaban J connectivity index is 1.65. The van der Waals surface area contributed by atoms with E-state index in [1.54, 1.807) is 0 Å². The molecular weight excluding hydrogens is 404 g/mol. The van der Waals surface area contributed by atoms with Crippen LogP contribution >= 0.6 is 5.51 Å². The van der Waals surface area contributed by atoms with Crippen molar-refractivity contribution in [2.45, 2.75) is 19.3 Å². The van der Waals surface area contributed by atoms with Gasteiger partial charge in [0, 0.05) is 0 Å². The van der Waals surface area contributed by atoms with E-state index in [1.807, 2.05) is 36.8 Å². The molecule has 0 aromatic carbocycles. The van der Waals surface area contributed by atoms with E-state index in [0.717, 1.165) is 19.3 Å². The van der Waals surface area contributed by atoms with E-state index in [2.05, 4.69) is 66.4 Å². The Morgan fingerprint density at radius 2 is 0.923 bits per heavy atom. The monoisotopic (exact) mass is 429 g/mol. The minimum absolute atomic E-state index is 1.03. The number of hydrogen-bond donors (Lipinski definition) is 0. The van der Waals surface area contributed by atoms with Crippen molar-refractivity contribution in [2.75, 3.05) is 18.5 Å². The molecule has 0 N–H and O–H groups in total. The molecule has 3 nitrogen and oxygen atoms in total. The molecular formula is C21H24N3PSe. The van der Waals surface area contributed by atoms with Gasteiger partial charge < -0.3 is 0 Å². The maximum absolute atomic E-state index is 4.50. The first-order chi connectivity index (χ1) is 12.7. The van der Waals surface area contributed by atoms with Crippen LogP contribution in [0, 0.1) is 0 Å². The predicted octanol–water partition coefficient (Wildman–Crippen LogP) is 4.00. The molecule has 0 radical (unpaired) electrons. The van der Waals surface area contributed by atoms with Gasteiger partial charge in [-0.25, -0.2) is 0 Å². The molecule has 3 rings (SSSR count). The fourth-order valence-corrected chi connectivity index (χ4v) is 7.23. The quantitative estimate of drug-likeness (QED) is 0.382. The Hall–Kier alpha value is -1.60. The van der Waals surface area contributed by atoms with E-state index >= 15 is 0 Å². The van der Waals surface area contributed by atoms with Crippen molar-refractivity contribution >= 4 is 20.6 Å². The summed E-state index contributed by atoms with van der Waals surface area (Å²) in [6, 6.07) is 18.5. The number of pyridine rings is 3. The molecule has 0 spiro atoms. The molecule has 0 saturated carbocycles. The zero-order chi connectivity index (χ0) is 18.1. The second kappa shape index (κ2) is 9.92. The third kappa shape index (κ3) is 6.28. The van der Waals surface area contributed by atoms with Crippen LogP contribution in [0.25, 0.3) is 0 Å². The topological polar surface area (TPSA) is 38.7 Å². The molecule has 134 valence electrons. The van der Waals surface area contributed by atoms with Crippen LogP contribution in [0.15, 0.2) is 73.2 Å². The first-order valence-electron chi connectivity index (χ1n) is 9.00. The molecule has 0 aliphatic carbocycles. The third-order valence-electron chi connectivity index (χ3n) is 4.50. The van der Waals surface area contributed by atoms with E-state index in [1.165, 1.54) is 35.6 Å². The zero-order valence-corrected chi connectivity index (χ0v) is 17.5. The molecule has 3 aromatic heterocycles. The summed E-state index contributed by atoms with van der Waals surface area (Å²) in [5.41, 5.74) is 2.34. The normalized spacial score (nSPS) is 11.4. The van der Waals surface area contributed by atoms with E-state index in [-0.39, 0.29) is 0 Å². The summed E-state index contributed by atoms with van der Waals surface area (Å²) in [7, 11) is 0. The standard InChI is InChI=1S/C21H24N3PSe/c26-25(16-10-19-7-1-4-13-22-19,17-11-20-8-2-5-14-23-20)18-12-21-9-3-6-15-24-21/h1-9,13-15H,10-12,16-18H2. The summed E-state index contributed by atoms with van der Waals surface area (Å²) < 4.78 is 0. The van der Waals surface area contributed by atoms with Gasteiger partial charge in [0.1, 0.15) is 0 Å². The molecule has 0 saturated heterocycles.